The Balaban J connectivity index is 2.66. The van der Waals surface area contributed by atoms with Gasteiger partial charge in [-0.25, -0.2) is 8.78 Å². The summed E-state index contributed by atoms with van der Waals surface area (Å²) >= 11 is 0. The number of hydrogen-bond acceptors (Lipinski definition) is 0. The summed E-state index contributed by atoms with van der Waals surface area (Å²) in [4.78, 5) is 0. The van der Waals surface area contributed by atoms with Gasteiger partial charge < -0.3 is 0 Å². The maximum Gasteiger partial charge on any atom is 0.129 e. The second-order valence-electron chi connectivity index (χ2n) is 2.84. The van der Waals surface area contributed by atoms with Gasteiger partial charge in [-0.15, -0.1) is 0 Å². The number of hydrogen-bond donors (Lipinski definition) is 0. The first-order chi connectivity index (χ1) is 6.24. The van der Waals surface area contributed by atoms with Gasteiger partial charge in [0.25, 0.3) is 0 Å². The molecule has 0 radical (unpaired) electrons. The van der Waals surface area contributed by atoms with Gasteiger partial charge >= 0.3 is 0 Å². The molecule has 0 bridgehead atoms. The standard InChI is InChI=1S/C11H12F2/c1-2-3-4-5-9-6-7-10(12)8-11(9)13/h2-3,6-8H,4-5H2,1H3/b3-2+. The van der Waals surface area contributed by atoms with E-state index in [0.29, 0.717) is 12.0 Å². The van der Waals surface area contributed by atoms with E-state index < -0.39 is 11.6 Å². The summed E-state index contributed by atoms with van der Waals surface area (Å²) in [6.07, 6.45) is 5.29. The lowest BCUT2D eigenvalue weighted by molar-refractivity contribution is 0.572. The molecule has 0 aromatic heterocycles. The van der Waals surface area contributed by atoms with Crippen molar-refractivity contribution in [3.8, 4) is 0 Å². The van der Waals surface area contributed by atoms with Crippen molar-refractivity contribution in [2.24, 2.45) is 0 Å². The molecule has 0 N–H and O–H groups in total. The SMILES string of the molecule is C/C=C/CCc1ccc(F)cc1F. The van der Waals surface area contributed by atoms with Gasteiger partial charge in [-0.2, -0.15) is 0 Å². The van der Waals surface area contributed by atoms with Gasteiger partial charge in [0.2, 0.25) is 0 Å². The molecule has 0 saturated carbocycles. The number of allylic oxidation sites excluding steroid dienone is 2. The van der Waals surface area contributed by atoms with Crippen LogP contribution in [0.3, 0.4) is 0 Å². The lowest BCUT2D eigenvalue weighted by Crippen LogP contribution is -1.90. The largest absolute Gasteiger partial charge is 0.207 e. The lowest BCUT2D eigenvalue weighted by atomic mass is 10.1. The molecule has 0 heterocycles. The van der Waals surface area contributed by atoms with Crippen molar-refractivity contribution in [3.05, 3.63) is 47.5 Å². The number of rotatable bonds is 3. The van der Waals surface area contributed by atoms with Crippen LogP contribution in [0.2, 0.25) is 0 Å². The van der Waals surface area contributed by atoms with Crippen molar-refractivity contribution in [1.82, 2.24) is 0 Å². The molecular formula is C11H12F2. The van der Waals surface area contributed by atoms with E-state index in [4.69, 9.17) is 0 Å². The van der Waals surface area contributed by atoms with Crippen molar-refractivity contribution >= 4 is 0 Å². The van der Waals surface area contributed by atoms with Gasteiger partial charge in [-0.05, 0) is 31.4 Å². The first-order valence-corrected chi connectivity index (χ1v) is 4.29. The van der Waals surface area contributed by atoms with Gasteiger partial charge in [0, 0.05) is 6.07 Å². The van der Waals surface area contributed by atoms with Crippen LogP contribution < -0.4 is 0 Å². The van der Waals surface area contributed by atoms with E-state index in [1.165, 1.54) is 12.1 Å². The summed E-state index contributed by atoms with van der Waals surface area (Å²) in [6.45, 7) is 1.92. The van der Waals surface area contributed by atoms with Gasteiger partial charge in [0.05, 0.1) is 0 Å². The molecule has 0 aliphatic carbocycles. The van der Waals surface area contributed by atoms with E-state index in [9.17, 15) is 8.78 Å². The molecule has 0 amide bonds. The smallest absolute Gasteiger partial charge is 0.129 e. The summed E-state index contributed by atoms with van der Waals surface area (Å²) < 4.78 is 25.5. The summed E-state index contributed by atoms with van der Waals surface area (Å²) in [7, 11) is 0. The first-order valence-electron chi connectivity index (χ1n) is 4.29. The first kappa shape index (κ1) is 9.90. The third-order valence-electron chi connectivity index (χ3n) is 1.83. The minimum Gasteiger partial charge on any atom is -0.207 e. The van der Waals surface area contributed by atoms with E-state index in [-0.39, 0.29) is 0 Å². The fraction of sp³-hybridized carbons (Fsp3) is 0.273. The third-order valence-corrected chi connectivity index (χ3v) is 1.83. The highest BCUT2D eigenvalue weighted by Crippen LogP contribution is 2.11. The van der Waals surface area contributed by atoms with Gasteiger partial charge in [0.15, 0.2) is 0 Å². The molecule has 1 aromatic rings. The molecule has 0 atom stereocenters. The number of halogens is 2. The van der Waals surface area contributed by atoms with Crippen LogP contribution >= 0.6 is 0 Å². The predicted octanol–water partition coefficient (Wildman–Crippen LogP) is 3.47. The molecule has 1 aromatic carbocycles. The molecule has 13 heavy (non-hydrogen) atoms. The van der Waals surface area contributed by atoms with Crippen LogP contribution in [0.5, 0.6) is 0 Å². The van der Waals surface area contributed by atoms with Crippen LogP contribution in [0.4, 0.5) is 8.78 Å². The van der Waals surface area contributed by atoms with Gasteiger partial charge in [0.1, 0.15) is 11.6 Å². The van der Waals surface area contributed by atoms with Crippen LogP contribution in [0.15, 0.2) is 30.4 Å². The van der Waals surface area contributed by atoms with E-state index in [0.717, 1.165) is 12.5 Å². The van der Waals surface area contributed by atoms with Crippen molar-refractivity contribution in [3.63, 3.8) is 0 Å². The minimum absolute atomic E-state index is 0.454. The number of aryl methyl sites for hydroxylation is 1. The summed E-state index contributed by atoms with van der Waals surface area (Å²) in [5.74, 6) is -0.975. The normalized spacial score (nSPS) is 11.0. The van der Waals surface area contributed by atoms with Crippen LogP contribution in [-0.2, 0) is 6.42 Å². The molecular weight excluding hydrogens is 170 g/mol. The Morgan fingerprint density at radius 3 is 2.69 bits per heavy atom. The Kier molecular flexibility index (Phi) is 3.62. The van der Waals surface area contributed by atoms with Gasteiger partial charge in [-0.1, -0.05) is 18.2 Å². The molecule has 0 nitrogen and oxygen atoms in total. The Labute approximate surface area is 76.9 Å². The van der Waals surface area contributed by atoms with Crippen molar-refractivity contribution < 1.29 is 8.78 Å². The lowest BCUT2D eigenvalue weighted by Gasteiger charge is -2.00. The maximum atomic E-state index is 13.0. The molecule has 0 saturated heterocycles. The van der Waals surface area contributed by atoms with E-state index in [1.54, 1.807) is 0 Å². The summed E-state index contributed by atoms with van der Waals surface area (Å²) in [5.41, 5.74) is 0.569. The summed E-state index contributed by atoms with van der Waals surface area (Å²) in [5, 5.41) is 0. The topological polar surface area (TPSA) is 0 Å². The zero-order valence-corrected chi connectivity index (χ0v) is 7.56. The minimum atomic E-state index is -0.521. The fourth-order valence-electron chi connectivity index (χ4n) is 1.13. The average molecular weight is 182 g/mol. The molecule has 70 valence electrons. The van der Waals surface area contributed by atoms with Crippen molar-refractivity contribution in [2.75, 3.05) is 0 Å². The summed E-state index contributed by atoms with van der Waals surface area (Å²) in [6, 6.07) is 3.70. The molecule has 1 rings (SSSR count). The van der Waals surface area contributed by atoms with E-state index >= 15 is 0 Å². The van der Waals surface area contributed by atoms with Crippen molar-refractivity contribution in [2.45, 2.75) is 19.8 Å². The Hall–Kier alpha value is -1.18. The van der Waals surface area contributed by atoms with E-state index in [2.05, 4.69) is 0 Å². The molecule has 0 fully saturated rings. The van der Waals surface area contributed by atoms with Gasteiger partial charge in [-0.3, -0.25) is 0 Å². The highest BCUT2D eigenvalue weighted by Gasteiger charge is 2.01. The van der Waals surface area contributed by atoms with Crippen LogP contribution in [-0.4, -0.2) is 0 Å². The monoisotopic (exact) mass is 182 g/mol. The Bertz CT molecular complexity index is 303. The Morgan fingerprint density at radius 1 is 1.31 bits per heavy atom. The molecule has 0 unspecified atom stereocenters. The molecule has 2 heteroatoms. The Morgan fingerprint density at radius 2 is 2.08 bits per heavy atom. The van der Waals surface area contributed by atoms with Crippen molar-refractivity contribution in [1.29, 1.82) is 0 Å². The second-order valence-corrected chi connectivity index (χ2v) is 2.84. The van der Waals surface area contributed by atoms with Crippen LogP contribution in [0, 0.1) is 11.6 Å². The molecule has 0 aliphatic heterocycles. The highest BCUT2D eigenvalue weighted by molar-refractivity contribution is 5.18. The maximum absolute atomic E-state index is 13.0. The van der Waals surface area contributed by atoms with Crippen LogP contribution in [0.25, 0.3) is 0 Å². The van der Waals surface area contributed by atoms with Crippen LogP contribution in [0.1, 0.15) is 18.9 Å². The fourth-order valence-corrected chi connectivity index (χ4v) is 1.13. The zero-order valence-electron chi connectivity index (χ0n) is 7.56. The average Bonchev–Trinajstić information content (AvgIpc) is 2.09. The number of benzene rings is 1. The van der Waals surface area contributed by atoms with E-state index in [1.807, 2.05) is 19.1 Å². The molecule has 0 aliphatic rings. The highest BCUT2D eigenvalue weighted by atomic mass is 19.1. The molecule has 0 spiro atoms. The predicted molar refractivity (Wildman–Crippen MR) is 49.5 cm³/mol. The third kappa shape index (κ3) is 2.98. The quantitative estimate of drug-likeness (QED) is 0.628. The zero-order chi connectivity index (χ0) is 9.68. The second kappa shape index (κ2) is 4.75.